The fourth-order valence-corrected chi connectivity index (χ4v) is 3.26. The zero-order valence-electron chi connectivity index (χ0n) is 10.6. The summed E-state index contributed by atoms with van der Waals surface area (Å²) in [5.41, 5.74) is 1.75. The first-order valence-corrected chi connectivity index (χ1v) is 7.57. The molecular weight excluding hydrogens is 312 g/mol. The van der Waals surface area contributed by atoms with E-state index in [0.29, 0.717) is 5.69 Å². The average molecular weight is 327 g/mol. The molecule has 18 heavy (non-hydrogen) atoms. The molecule has 3 nitrogen and oxygen atoms in total. The maximum Gasteiger partial charge on any atom is 0.222 e. The van der Waals surface area contributed by atoms with Crippen molar-refractivity contribution >= 4 is 33.0 Å². The summed E-state index contributed by atoms with van der Waals surface area (Å²) in [6.07, 6.45) is 2.56. The molecule has 2 aromatic rings. The minimum atomic E-state index is 0.0555. The minimum absolute atomic E-state index is 0.0555. The molecule has 0 unspecified atom stereocenters. The number of carbonyl (C=O) groups excluding carboxylic acids is 1. The third-order valence-corrected chi connectivity index (χ3v) is 4.32. The summed E-state index contributed by atoms with van der Waals surface area (Å²) in [5.74, 6) is 0.0555. The van der Waals surface area contributed by atoms with E-state index in [9.17, 15) is 4.79 Å². The lowest BCUT2D eigenvalue weighted by atomic mass is 10.1. The smallest absolute Gasteiger partial charge is 0.222 e. The van der Waals surface area contributed by atoms with Crippen LogP contribution in [0.15, 0.2) is 22.1 Å². The molecular formula is C13H15BrN2OS. The highest BCUT2D eigenvalue weighted by Crippen LogP contribution is 2.27. The van der Waals surface area contributed by atoms with Crippen LogP contribution in [0.2, 0.25) is 0 Å². The monoisotopic (exact) mass is 326 g/mol. The van der Waals surface area contributed by atoms with Gasteiger partial charge >= 0.3 is 0 Å². The highest BCUT2D eigenvalue weighted by Gasteiger charge is 2.22. The van der Waals surface area contributed by atoms with Crippen LogP contribution in [0.25, 0.3) is 0 Å². The summed E-state index contributed by atoms with van der Waals surface area (Å²) in [7, 11) is 0. The van der Waals surface area contributed by atoms with Gasteiger partial charge in [-0.1, -0.05) is 6.92 Å². The molecule has 0 amide bonds. The van der Waals surface area contributed by atoms with Crippen LogP contribution in [-0.2, 0) is 6.42 Å². The number of thiophene rings is 1. The van der Waals surface area contributed by atoms with Crippen molar-refractivity contribution in [2.75, 3.05) is 0 Å². The number of aryl methyl sites for hydroxylation is 1. The highest BCUT2D eigenvalue weighted by molar-refractivity contribution is 9.10. The summed E-state index contributed by atoms with van der Waals surface area (Å²) < 4.78 is 2.53. The largest absolute Gasteiger partial charge is 0.286 e. The number of halogens is 1. The van der Waals surface area contributed by atoms with E-state index in [1.54, 1.807) is 10.9 Å². The zero-order chi connectivity index (χ0) is 13.3. The lowest BCUT2D eigenvalue weighted by Crippen LogP contribution is -2.14. The number of carbonyl (C=O) groups is 1. The van der Waals surface area contributed by atoms with Gasteiger partial charge in [0.2, 0.25) is 5.78 Å². The molecule has 0 bridgehead atoms. The molecule has 2 rings (SSSR count). The first-order chi connectivity index (χ1) is 8.56. The van der Waals surface area contributed by atoms with Crippen LogP contribution >= 0.6 is 27.3 Å². The van der Waals surface area contributed by atoms with Crippen LogP contribution in [0.1, 0.15) is 47.7 Å². The topological polar surface area (TPSA) is 34.9 Å². The first-order valence-electron chi connectivity index (χ1n) is 5.90. The second kappa shape index (κ2) is 5.36. The Hall–Kier alpha value is -0.940. The van der Waals surface area contributed by atoms with E-state index in [1.165, 1.54) is 11.3 Å². The van der Waals surface area contributed by atoms with Gasteiger partial charge in [-0.15, -0.1) is 11.3 Å². The molecule has 0 aliphatic rings. The number of nitrogens with zero attached hydrogens (tertiary/aromatic N) is 2. The molecule has 0 N–H and O–H groups in total. The Balaban J connectivity index is 2.49. The maximum absolute atomic E-state index is 12.6. The van der Waals surface area contributed by atoms with Crippen molar-refractivity contribution in [3.05, 3.63) is 38.3 Å². The predicted octanol–water partition coefficient (Wildman–Crippen LogP) is 4.08. The number of ketones is 1. The molecule has 96 valence electrons. The van der Waals surface area contributed by atoms with Gasteiger partial charge in [-0.25, -0.2) is 0 Å². The van der Waals surface area contributed by atoms with Gasteiger partial charge in [0.05, 0.1) is 15.5 Å². The SMILES string of the molecule is CCc1ccsc1C(=O)c1c(Br)cnn1C(C)C. The van der Waals surface area contributed by atoms with Crippen molar-refractivity contribution < 1.29 is 4.79 Å². The molecule has 0 aliphatic carbocycles. The fraction of sp³-hybridized carbons (Fsp3) is 0.385. The van der Waals surface area contributed by atoms with Gasteiger partial charge in [-0.3, -0.25) is 9.48 Å². The van der Waals surface area contributed by atoms with Gasteiger partial charge in [0.1, 0.15) is 5.69 Å². The van der Waals surface area contributed by atoms with Gasteiger partial charge < -0.3 is 0 Å². The van der Waals surface area contributed by atoms with Gasteiger partial charge in [0.15, 0.2) is 0 Å². The van der Waals surface area contributed by atoms with Crippen LogP contribution < -0.4 is 0 Å². The summed E-state index contributed by atoms with van der Waals surface area (Å²) in [4.78, 5) is 13.4. The minimum Gasteiger partial charge on any atom is -0.286 e. The Bertz CT molecular complexity index is 571. The van der Waals surface area contributed by atoms with Crippen LogP contribution in [-0.4, -0.2) is 15.6 Å². The van der Waals surface area contributed by atoms with Crippen molar-refractivity contribution in [1.82, 2.24) is 9.78 Å². The van der Waals surface area contributed by atoms with Crippen molar-refractivity contribution in [2.24, 2.45) is 0 Å². The molecule has 0 aromatic carbocycles. The Morgan fingerprint density at radius 2 is 2.28 bits per heavy atom. The third-order valence-electron chi connectivity index (χ3n) is 2.79. The Labute approximate surface area is 119 Å². The molecule has 0 spiro atoms. The second-order valence-corrected chi connectivity index (χ2v) is 6.11. The van der Waals surface area contributed by atoms with E-state index in [-0.39, 0.29) is 11.8 Å². The van der Waals surface area contributed by atoms with Gasteiger partial charge in [-0.05, 0) is 53.2 Å². The highest BCUT2D eigenvalue weighted by atomic mass is 79.9. The zero-order valence-corrected chi connectivity index (χ0v) is 13.0. The molecule has 0 aliphatic heterocycles. The quantitative estimate of drug-likeness (QED) is 0.793. The lowest BCUT2D eigenvalue weighted by Gasteiger charge is -2.10. The van der Waals surface area contributed by atoms with E-state index >= 15 is 0 Å². The average Bonchev–Trinajstić information content (AvgIpc) is 2.93. The van der Waals surface area contributed by atoms with Crippen LogP contribution in [0.4, 0.5) is 0 Å². The molecule has 2 heterocycles. The summed E-state index contributed by atoms with van der Waals surface area (Å²) in [6, 6.07) is 2.18. The number of aromatic nitrogens is 2. The Morgan fingerprint density at radius 3 is 2.89 bits per heavy atom. The number of hydrogen-bond donors (Lipinski definition) is 0. The van der Waals surface area contributed by atoms with Crippen molar-refractivity contribution in [2.45, 2.75) is 33.2 Å². The third kappa shape index (κ3) is 2.29. The summed E-state index contributed by atoms with van der Waals surface area (Å²) in [5, 5.41) is 6.22. The number of rotatable bonds is 4. The van der Waals surface area contributed by atoms with Crippen molar-refractivity contribution in [3.8, 4) is 0 Å². The summed E-state index contributed by atoms with van der Waals surface area (Å²) >= 11 is 4.92. The Morgan fingerprint density at radius 1 is 1.56 bits per heavy atom. The molecule has 2 aromatic heterocycles. The molecule has 0 saturated carbocycles. The Kier molecular flexibility index (Phi) is 4.02. The van der Waals surface area contributed by atoms with Crippen molar-refractivity contribution in [1.29, 1.82) is 0 Å². The van der Waals surface area contributed by atoms with E-state index in [2.05, 4.69) is 28.0 Å². The normalized spacial score (nSPS) is 11.2. The van der Waals surface area contributed by atoms with E-state index in [4.69, 9.17) is 0 Å². The summed E-state index contributed by atoms with van der Waals surface area (Å²) in [6.45, 7) is 6.10. The molecule has 0 fully saturated rings. The van der Waals surface area contributed by atoms with Crippen LogP contribution in [0.3, 0.4) is 0 Å². The second-order valence-electron chi connectivity index (χ2n) is 4.34. The number of hydrogen-bond acceptors (Lipinski definition) is 3. The van der Waals surface area contributed by atoms with Gasteiger partial charge in [0, 0.05) is 6.04 Å². The lowest BCUT2D eigenvalue weighted by molar-refractivity contribution is 0.102. The fourth-order valence-electron chi connectivity index (χ4n) is 1.87. The van der Waals surface area contributed by atoms with Crippen LogP contribution in [0.5, 0.6) is 0 Å². The van der Waals surface area contributed by atoms with Gasteiger partial charge in [0.25, 0.3) is 0 Å². The predicted molar refractivity (Wildman–Crippen MR) is 77.4 cm³/mol. The standard InChI is InChI=1S/C13H15BrN2OS/c1-4-9-5-6-18-13(9)12(17)11-10(14)7-15-16(11)8(2)3/h5-8H,4H2,1-3H3. The van der Waals surface area contributed by atoms with Crippen molar-refractivity contribution in [3.63, 3.8) is 0 Å². The van der Waals surface area contributed by atoms with E-state index < -0.39 is 0 Å². The molecule has 0 atom stereocenters. The van der Waals surface area contributed by atoms with Gasteiger partial charge in [-0.2, -0.15) is 5.10 Å². The van der Waals surface area contributed by atoms with E-state index in [1.807, 2.05) is 25.3 Å². The molecule has 0 radical (unpaired) electrons. The maximum atomic E-state index is 12.6. The first kappa shape index (κ1) is 13.5. The molecule has 5 heteroatoms. The van der Waals surface area contributed by atoms with E-state index in [0.717, 1.165) is 21.3 Å². The van der Waals surface area contributed by atoms with Crippen LogP contribution in [0, 0.1) is 0 Å². The molecule has 0 saturated heterocycles.